The number of halogens is 4. The van der Waals surface area contributed by atoms with E-state index in [9.17, 15) is 18.0 Å². The monoisotopic (exact) mass is 415 g/mol. The molecule has 1 amide bonds. The standard InChI is InChI=1S/C17H13BrF3NOS/c18-12-7-5-11(6-8-12)16-22(9-10-24-16)15(23)13-3-1-2-4-14(13)17(19,20)21/h1-8,16H,9-10H2. The van der Waals surface area contributed by atoms with E-state index in [1.165, 1.54) is 23.1 Å². The Balaban J connectivity index is 1.94. The molecule has 0 radical (unpaired) electrons. The molecule has 1 aliphatic rings. The summed E-state index contributed by atoms with van der Waals surface area (Å²) in [5.74, 6) is 0.113. The van der Waals surface area contributed by atoms with Gasteiger partial charge in [-0.1, -0.05) is 40.2 Å². The van der Waals surface area contributed by atoms with E-state index in [1.807, 2.05) is 24.3 Å². The van der Waals surface area contributed by atoms with Crippen molar-refractivity contribution < 1.29 is 18.0 Å². The van der Waals surface area contributed by atoms with E-state index in [2.05, 4.69) is 15.9 Å². The van der Waals surface area contributed by atoms with Crippen molar-refractivity contribution in [1.29, 1.82) is 0 Å². The Morgan fingerprint density at radius 3 is 2.46 bits per heavy atom. The summed E-state index contributed by atoms with van der Waals surface area (Å²) in [6.07, 6.45) is -4.55. The fourth-order valence-corrected chi connectivity index (χ4v) is 4.17. The van der Waals surface area contributed by atoms with Crippen molar-refractivity contribution in [3.63, 3.8) is 0 Å². The zero-order valence-corrected chi connectivity index (χ0v) is 14.8. The Hall–Kier alpha value is -1.47. The summed E-state index contributed by atoms with van der Waals surface area (Å²) >= 11 is 4.91. The lowest BCUT2D eigenvalue weighted by molar-refractivity contribution is -0.138. The summed E-state index contributed by atoms with van der Waals surface area (Å²) in [7, 11) is 0. The van der Waals surface area contributed by atoms with E-state index in [0.29, 0.717) is 12.3 Å². The van der Waals surface area contributed by atoms with Crippen LogP contribution < -0.4 is 0 Å². The van der Waals surface area contributed by atoms with Gasteiger partial charge in [-0.3, -0.25) is 4.79 Å². The smallest absolute Gasteiger partial charge is 0.322 e. The number of carbonyl (C=O) groups excluding carboxylic acids is 1. The first kappa shape index (κ1) is 17.4. The van der Waals surface area contributed by atoms with E-state index in [0.717, 1.165) is 16.1 Å². The zero-order valence-electron chi connectivity index (χ0n) is 12.4. The van der Waals surface area contributed by atoms with Crippen LogP contribution in [0.25, 0.3) is 0 Å². The number of carbonyl (C=O) groups is 1. The van der Waals surface area contributed by atoms with Gasteiger partial charge in [0, 0.05) is 16.8 Å². The molecule has 1 atom stereocenters. The van der Waals surface area contributed by atoms with Gasteiger partial charge in [0.15, 0.2) is 0 Å². The summed E-state index contributed by atoms with van der Waals surface area (Å²) in [6.45, 7) is 0.427. The summed E-state index contributed by atoms with van der Waals surface area (Å²) in [4.78, 5) is 14.3. The molecule has 2 aromatic rings. The van der Waals surface area contributed by atoms with Crippen molar-refractivity contribution >= 4 is 33.6 Å². The van der Waals surface area contributed by atoms with Crippen LogP contribution in [0.4, 0.5) is 13.2 Å². The lowest BCUT2D eigenvalue weighted by atomic mass is 10.1. The molecule has 0 spiro atoms. The number of amides is 1. The van der Waals surface area contributed by atoms with Crippen LogP contribution in [0.5, 0.6) is 0 Å². The molecule has 1 aliphatic heterocycles. The Kier molecular flexibility index (Phi) is 4.92. The summed E-state index contributed by atoms with van der Waals surface area (Å²) in [5, 5.41) is -0.271. The average Bonchev–Trinajstić information content (AvgIpc) is 3.03. The minimum absolute atomic E-state index is 0.271. The second-order valence-corrected chi connectivity index (χ2v) is 7.42. The third kappa shape index (κ3) is 3.47. The number of alkyl halides is 3. The van der Waals surface area contributed by atoms with Crippen LogP contribution in [0, 0.1) is 0 Å². The van der Waals surface area contributed by atoms with Gasteiger partial charge in [0.05, 0.1) is 11.1 Å². The molecule has 1 saturated heterocycles. The molecule has 7 heteroatoms. The van der Waals surface area contributed by atoms with Gasteiger partial charge in [-0.15, -0.1) is 11.8 Å². The van der Waals surface area contributed by atoms with Crippen LogP contribution in [-0.2, 0) is 6.18 Å². The quantitative estimate of drug-likeness (QED) is 0.658. The molecule has 1 heterocycles. The first-order valence-electron chi connectivity index (χ1n) is 7.22. The first-order valence-corrected chi connectivity index (χ1v) is 9.06. The zero-order chi connectivity index (χ0) is 17.3. The second-order valence-electron chi connectivity index (χ2n) is 5.32. The highest BCUT2D eigenvalue weighted by Gasteiger charge is 2.38. The molecule has 2 aromatic carbocycles. The predicted molar refractivity (Wildman–Crippen MR) is 91.8 cm³/mol. The number of nitrogens with zero attached hydrogens (tertiary/aromatic N) is 1. The normalized spacial score (nSPS) is 18.0. The predicted octanol–water partition coefficient (Wildman–Crippen LogP) is 5.36. The van der Waals surface area contributed by atoms with Gasteiger partial charge in [-0.2, -0.15) is 13.2 Å². The molecule has 0 bridgehead atoms. The first-order chi connectivity index (χ1) is 11.4. The van der Waals surface area contributed by atoms with Crippen LogP contribution in [0.3, 0.4) is 0 Å². The number of benzene rings is 2. The van der Waals surface area contributed by atoms with Gasteiger partial charge >= 0.3 is 6.18 Å². The summed E-state index contributed by atoms with van der Waals surface area (Å²) < 4.78 is 40.4. The Labute approximate surface area is 150 Å². The Bertz CT molecular complexity index is 748. The molecule has 126 valence electrons. The maximum atomic E-state index is 13.2. The van der Waals surface area contributed by atoms with E-state index in [4.69, 9.17) is 0 Å². The number of hydrogen-bond acceptors (Lipinski definition) is 2. The van der Waals surface area contributed by atoms with Crippen molar-refractivity contribution in [1.82, 2.24) is 4.90 Å². The number of thioether (sulfide) groups is 1. The fraction of sp³-hybridized carbons (Fsp3) is 0.235. The highest BCUT2D eigenvalue weighted by Crippen LogP contribution is 2.40. The second kappa shape index (κ2) is 6.80. The number of hydrogen-bond donors (Lipinski definition) is 0. The fourth-order valence-electron chi connectivity index (χ4n) is 2.65. The maximum absolute atomic E-state index is 13.2. The van der Waals surface area contributed by atoms with Gasteiger partial charge in [0.25, 0.3) is 5.91 Å². The van der Waals surface area contributed by atoms with Crippen LogP contribution in [0.15, 0.2) is 53.0 Å². The molecule has 0 N–H and O–H groups in total. The summed E-state index contributed by atoms with van der Waals surface area (Å²) in [5.41, 5.74) is -0.283. The van der Waals surface area contributed by atoms with E-state index >= 15 is 0 Å². The van der Waals surface area contributed by atoms with Crippen LogP contribution >= 0.6 is 27.7 Å². The molecular weight excluding hydrogens is 403 g/mol. The maximum Gasteiger partial charge on any atom is 0.417 e. The Morgan fingerprint density at radius 2 is 1.79 bits per heavy atom. The molecule has 1 unspecified atom stereocenters. The van der Waals surface area contributed by atoms with Gasteiger partial charge < -0.3 is 4.90 Å². The van der Waals surface area contributed by atoms with E-state index in [-0.39, 0.29) is 10.9 Å². The van der Waals surface area contributed by atoms with Crippen LogP contribution in [-0.4, -0.2) is 23.1 Å². The van der Waals surface area contributed by atoms with Gasteiger partial charge in [-0.05, 0) is 29.8 Å². The lowest BCUT2D eigenvalue weighted by Crippen LogP contribution is -2.32. The van der Waals surface area contributed by atoms with Crippen molar-refractivity contribution in [2.75, 3.05) is 12.3 Å². The lowest BCUT2D eigenvalue weighted by Gasteiger charge is -2.25. The molecule has 0 aliphatic carbocycles. The number of rotatable bonds is 2. The van der Waals surface area contributed by atoms with Crippen LogP contribution in [0.2, 0.25) is 0 Å². The van der Waals surface area contributed by atoms with Crippen LogP contribution in [0.1, 0.15) is 26.9 Å². The van der Waals surface area contributed by atoms with Gasteiger partial charge in [-0.25, -0.2) is 0 Å². The molecule has 3 rings (SSSR count). The minimum Gasteiger partial charge on any atom is -0.322 e. The third-order valence-corrected chi connectivity index (χ3v) is 5.56. The Morgan fingerprint density at radius 1 is 1.12 bits per heavy atom. The van der Waals surface area contributed by atoms with Crippen molar-refractivity contribution in [3.8, 4) is 0 Å². The summed E-state index contributed by atoms with van der Waals surface area (Å²) in [6, 6.07) is 12.4. The van der Waals surface area contributed by atoms with Gasteiger partial charge in [0.1, 0.15) is 5.37 Å². The topological polar surface area (TPSA) is 20.3 Å². The van der Waals surface area contributed by atoms with Crippen molar-refractivity contribution in [3.05, 3.63) is 69.7 Å². The molecule has 2 nitrogen and oxygen atoms in total. The largest absolute Gasteiger partial charge is 0.417 e. The highest BCUT2D eigenvalue weighted by atomic mass is 79.9. The SMILES string of the molecule is O=C(c1ccccc1C(F)(F)F)N1CCSC1c1ccc(Br)cc1. The van der Waals surface area contributed by atoms with Gasteiger partial charge in [0.2, 0.25) is 0 Å². The van der Waals surface area contributed by atoms with Crippen molar-refractivity contribution in [2.45, 2.75) is 11.6 Å². The molecule has 1 fully saturated rings. The average molecular weight is 416 g/mol. The highest BCUT2D eigenvalue weighted by molar-refractivity contribution is 9.10. The van der Waals surface area contributed by atoms with E-state index < -0.39 is 17.6 Å². The van der Waals surface area contributed by atoms with Crippen molar-refractivity contribution in [2.24, 2.45) is 0 Å². The van der Waals surface area contributed by atoms with E-state index in [1.54, 1.807) is 11.8 Å². The molecular formula is C17H13BrF3NOS. The third-order valence-electron chi connectivity index (χ3n) is 3.77. The molecule has 0 aromatic heterocycles. The molecule has 0 saturated carbocycles. The molecule has 24 heavy (non-hydrogen) atoms. The minimum atomic E-state index is -4.55.